The van der Waals surface area contributed by atoms with Crippen molar-refractivity contribution in [3.05, 3.63) is 51.4 Å². The molecule has 0 saturated heterocycles. The van der Waals surface area contributed by atoms with Gasteiger partial charge in [-0.25, -0.2) is 13.6 Å². The summed E-state index contributed by atoms with van der Waals surface area (Å²) in [5, 5.41) is 2.95. The first kappa shape index (κ1) is 22.3. The molecule has 1 amide bonds. The van der Waals surface area contributed by atoms with E-state index in [9.17, 15) is 18.4 Å². The maximum Gasteiger partial charge on any atom is 0.341 e. The number of carbonyl (C=O) groups excluding carboxylic acids is 2. The van der Waals surface area contributed by atoms with E-state index in [0.717, 1.165) is 35.7 Å². The van der Waals surface area contributed by atoms with Crippen molar-refractivity contribution in [2.24, 2.45) is 0 Å². The summed E-state index contributed by atoms with van der Waals surface area (Å²) >= 11 is 1.30. The van der Waals surface area contributed by atoms with Gasteiger partial charge in [-0.2, -0.15) is 0 Å². The highest BCUT2D eigenvalue weighted by Gasteiger charge is 2.29. The molecule has 28 heavy (non-hydrogen) atoms. The van der Waals surface area contributed by atoms with E-state index in [1.165, 1.54) is 11.3 Å². The van der Waals surface area contributed by atoms with Crippen LogP contribution in [0.4, 0.5) is 13.8 Å². The number of fused-ring (bicyclic) bond motifs is 1. The van der Waals surface area contributed by atoms with E-state index in [1.54, 1.807) is 6.92 Å². The van der Waals surface area contributed by atoms with Crippen LogP contribution < -0.4 is 5.32 Å². The van der Waals surface area contributed by atoms with E-state index in [-0.39, 0.29) is 24.6 Å². The fourth-order valence-electron chi connectivity index (χ4n) is 3.08. The van der Waals surface area contributed by atoms with Crippen molar-refractivity contribution in [1.82, 2.24) is 4.90 Å². The topological polar surface area (TPSA) is 58.6 Å². The lowest BCUT2D eigenvalue weighted by Gasteiger charge is -2.25. The van der Waals surface area contributed by atoms with Gasteiger partial charge in [0.25, 0.3) is 5.91 Å². The standard InChI is InChI=1S/C19H20F2N2O3S.ClH/c1-3-23-8-7-13-15(10-23)27-18(16(13)19(25)26-4-2)22-17(24)12-6-5-11(20)9-14(12)21;/h5-6,9H,3-4,7-8,10H2,1-2H3,(H,22,24);1H. The maximum atomic E-state index is 13.9. The van der Waals surface area contributed by atoms with Gasteiger partial charge in [0.2, 0.25) is 0 Å². The van der Waals surface area contributed by atoms with Gasteiger partial charge in [0, 0.05) is 24.0 Å². The van der Waals surface area contributed by atoms with Gasteiger partial charge in [-0.1, -0.05) is 6.92 Å². The van der Waals surface area contributed by atoms with Gasteiger partial charge in [-0.3, -0.25) is 9.69 Å². The smallest absolute Gasteiger partial charge is 0.341 e. The van der Waals surface area contributed by atoms with Crippen LogP contribution in [0.2, 0.25) is 0 Å². The molecule has 0 spiro atoms. The number of benzene rings is 1. The molecule has 0 atom stereocenters. The van der Waals surface area contributed by atoms with Gasteiger partial charge in [-0.05, 0) is 37.6 Å². The molecule has 1 aromatic heterocycles. The van der Waals surface area contributed by atoms with Crippen LogP contribution in [-0.2, 0) is 17.7 Å². The average Bonchev–Trinajstić information content (AvgIpc) is 2.98. The SMILES string of the molecule is CCOC(=O)c1c(NC(=O)c2ccc(F)cc2F)sc2c1CCN(CC)C2.Cl. The molecule has 1 aliphatic rings. The number of halogens is 3. The second-order valence-electron chi connectivity index (χ2n) is 6.13. The van der Waals surface area contributed by atoms with Crippen molar-refractivity contribution >= 4 is 40.6 Å². The first-order valence-electron chi connectivity index (χ1n) is 8.75. The third kappa shape index (κ3) is 4.51. The number of amides is 1. The molecule has 0 aliphatic carbocycles. The predicted octanol–water partition coefficient (Wildman–Crippen LogP) is 4.26. The monoisotopic (exact) mass is 430 g/mol. The van der Waals surface area contributed by atoms with Crippen LogP contribution in [0.1, 0.15) is 45.0 Å². The maximum absolute atomic E-state index is 13.9. The Morgan fingerprint density at radius 3 is 2.68 bits per heavy atom. The minimum Gasteiger partial charge on any atom is -0.462 e. The zero-order valence-electron chi connectivity index (χ0n) is 15.5. The molecule has 0 radical (unpaired) electrons. The molecule has 1 N–H and O–H groups in total. The number of thiophene rings is 1. The Balaban J connectivity index is 0.00000280. The number of hydrogen-bond donors (Lipinski definition) is 1. The Bertz CT molecular complexity index is 888. The number of esters is 1. The molecule has 9 heteroatoms. The fourth-order valence-corrected chi connectivity index (χ4v) is 4.35. The molecule has 1 aromatic carbocycles. The molecule has 0 fully saturated rings. The summed E-state index contributed by atoms with van der Waals surface area (Å²) in [6.45, 7) is 6.36. The number of nitrogens with one attached hydrogen (secondary N) is 1. The van der Waals surface area contributed by atoms with Crippen LogP contribution in [-0.4, -0.2) is 36.5 Å². The minimum atomic E-state index is -0.955. The van der Waals surface area contributed by atoms with E-state index < -0.39 is 23.5 Å². The number of ether oxygens (including phenoxy) is 1. The molecular weight excluding hydrogens is 410 g/mol. The lowest BCUT2D eigenvalue weighted by Crippen LogP contribution is -2.30. The highest BCUT2D eigenvalue weighted by Crippen LogP contribution is 2.38. The van der Waals surface area contributed by atoms with E-state index >= 15 is 0 Å². The Labute approximate surface area is 172 Å². The predicted molar refractivity (Wildman–Crippen MR) is 106 cm³/mol. The van der Waals surface area contributed by atoms with Crippen LogP contribution in [0.3, 0.4) is 0 Å². The number of carbonyl (C=O) groups is 2. The van der Waals surface area contributed by atoms with Crippen molar-refractivity contribution < 1.29 is 23.1 Å². The number of hydrogen-bond acceptors (Lipinski definition) is 5. The molecule has 0 saturated carbocycles. The number of nitrogens with zero attached hydrogens (tertiary/aromatic N) is 1. The first-order chi connectivity index (χ1) is 12.9. The average molecular weight is 431 g/mol. The van der Waals surface area contributed by atoms with Crippen molar-refractivity contribution in [3.8, 4) is 0 Å². The van der Waals surface area contributed by atoms with Crippen LogP contribution >= 0.6 is 23.7 Å². The summed E-state index contributed by atoms with van der Waals surface area (Å²) in [5.74, 6) is -2.95. The molecule has 2 aromatic rings. The molecule has 2 heterocycles. The van der Waals surface area contributed by atoms with Crippen molar-refractivity contribution in [2.45, 2.75) is 26.8 Å². The summed E-state index contributed by atoms with van der Waals surface area (Å²) in [4.78, 5) is 28.2. The van der Waals surface area contributed by atoms with Gasteiger partial charge in [0.1, 0.15) is 16.6 Å². The number of anilines is 1. The quantitative estimate of drug-likeness (QED) is 0.720. The summed E-state index contributed by atoms with van der Waals surface area (Å²) < 4.78 is 32.1. The second-order valence-corrected chi connectivity index (χ2v) is 7.23. The second kappa shape index (κ2) is 9.45. The third-order valence-electron chi connectivity index (χ3n) is 4.47. The van der Waals surface area contributed by atoms with Gasteiger partial charge < -0.3 is 10.1 Å². The van der Waals surface area contributed by atoms with E-state index in [2.05, 4.69) is 17.1 Å². The molecule has 5 nitrogen and oxygen atoms in total. The van der Waals surface area contributed by atoms with Crippen LogP contribution in [0.25, 0.3) is 0 Å². The van der Waals surface area contributed by atoms with Crippen LogP contribution in [0.5, 0.6) is 0 Å². The number of likely N-dealkylation sites (N-methyl/N-ethyl adjacent to an activating group) is 1. The molecule has 1 aliphatic heterocycles. The van der Waals surface area contributed by atoms with Crippen LogP contribution in [0, 0.1) is 11.6 Å². The van der Waals surface area contributed by atoms with Crippen molar-refractivity contribution in [3.63, 3.8) is 0 Å². The van der Waals surface area contributed by atoms with Crippen molar-refractivity contribution in [1.29, 1.82) is 0 Å². The molecular formula is C19H21ClF2N2O3S. The Morgan fingerprint density at radius 1 is 1.29 bits per heavy atom. The Kier molecular flexibility index (Phi) is 7.51. The Morgan fingerprint density at radius 2 is 2.04 bits per heavy atom. The van der Waals surface area contributed by atoms with E-state index in [0.29, 0.717) is 29.6 Å². The van der Waals surface area contributed by atoms with Gasteiger partial charge in [0.05, 0.1) is 17.7 Å². The van der Waals surface area contributed by atoms with E-state index in [4.69, 9.17) is 4.74 Å². The van der Waals surface area contributed by atoms with Crippen LogP contribution in [0.15, 0.2) is 18.2 Å². The minimum absolute atomic E-state index is 0. The zero-order valence-corrected chi connectivity index (χ0v) is 17.1. The highest BCUT2D eigenvalue weighted by atomic mass is 35.5. The molecule has 152 valence electrons. The van der Waals surface area contributed by atoms with Gasteiger partial charge in [-0.15, -0.1) is 23.7 Å². The summed E-state index contributed by atoms with van der Waals surface area (Å²) in [6.07, 6.45) is 0.675. The fraction of sp³-hybridized carbons (Fsp3) is 0.368. The summed E-state index contributed by atoms with van der Waals surface area (Å²) in [7, 11) is 0. The van der Waals surface area contributed by atoms with Gasteiger partial charge >= 0.3 is 5.97 Å². The molecule has 0 unspecified atom stereocenters. The molecule has 3 rings (SSSR count). The Hall–Kier alpha value is -2.03. The highest BCUT2D eigenvalue weighted by molar-refractivity contribution is 7.17. The normalized spacial score (nSPS) is 13.4. The lowest BCUT2D eigenvalue weighted by molar-refractivity contribution is 0.0526. The summed E-state index contributed by atoms with van der Waals surface area (Å²) in [5.41, 5.74) is 0.925. The van der Waals surface area contributed by atoms with E-state index in [1.807, 2.05) is 0 Å². The first-order valence-corrected chi connectivity index (χ1v) is 9.56. The zero-order chi connectivity index (χ0) is 19.6. The van der Waals surface area contributed by atoms with Gasteiger partial charge in [0.15, 0.2) is 0 Å². The molecule has 0 bridgehead atoms. The largest absolute Gasteiger partial charge is 0.462 e. The summed E-state index contributed by atoms with van der Waals surface area (Å²) in [6, 6.07) is 2.75. The lowest BCUT2D eigenvalue weighted by atomic mass is 10.0. The van der Waals surface area contributed by atoms with Crippen molar-refractivity contribution in [2.75, 3.05) is 25.0 Å². The number of rotatable bonds is 5. The third-order valence-corrected chi connectivity index (χ3v) is 5.60.